The second-order valence-corrected chi connectivity index (χ2v) is 8.62. The molecule has 1 aliphatic rings. The third kappa shape index (κ3) is 4.94. The van der Waals surface area contributed by atoms with E-state index in [0.29, 0.717) is 33.5 Å². The van der Waals surface area contributed by atoms with Gasteiger partial charge in [-0.1, -0.05) is 13.0 Å². The summed E-state index contributed by atoms with van der Waals surface area (Å²) in [4.78, 5) is 26.7. The standard InChI is InChI=1S/C24H26N2O5S/c1-5-31-24(28)21-17-8-6-14(2)10-20(17)32-23(21)26-22(27)16(13-25)11-15-7-9-18(29-3)19(12-15)30-4/h7,9,11-12,14H,5-6,8,10H2,1-4H3,(H,26,27)/b16-11-/t14-/m1/s1. The summed E-state index contributed by atoms with van der Waals surface area (Å²) in [6.07, 6.45) is 4.07. The van der Waals surface area contributed by atoms with Crippen molar-refractivity contribution in [3.63, 3.8) is 0 Å². The molecule has 0 spiro atoms. The zero-order chi connectivity index (χ0) is 23.3. The van der Waals surface area contributed by atoms with E-state index in [2.05, 4.69) is 12.2 Å². The minimum Gasteiger partial charge on any atom is -0.493 e. The molecule has 0 fully saturated rings. The molecule has 0 saturated heterocycles. The van der Waals surface area contributed by atoms with Gasteiger partial charge in [0.05, 0.1) is 26.4 Å². The summed E-state index contributed by atoms with van der Waals surface area (Å²) in [6, 6.07) is 7.05. The number of rotatable bonds is 7. The third-order valence-electron chi connectivity index (χ3n) is 5.30. The maximum atomic E-state index is 12.9. The number of hydrogen-bond donors (Lipinski definition) is 1. The summed E-state index contributed by atoms with van der Waals surface area (Å²) in [5, 5.41) is 12.8. The van der Waals surface area contributed by atoms with Gasteiger partial charge < -0.3 is 19.5 Å². The van der Waals surface area contributed by atoms with E-state index in [9.17, 15) is 14.9 Å². The average Bonchev–Trinajstić information content (AvgIpc) is 3.13. The van der Waals surface area contributed by atoms with Gasteiger partial charge >= 0.3 is 5.97 Å². The predicted octanol–water partition coefficient (Wildman–Crippen LogP) is 4.61. The Morgan fingerprint density at radius 2 is 2.03 bits per heavy atom. The lowest BCUT2D eigenvalue weighted by Gasteiger charge is -2.18. The highest BCUT2D eigenvalue weighted by molar-refractivity contribution is 7.17. The number of carbonyl (C=O) groups excluding carboxylic acids is 2. The number of nitrogens with zero attached hydrogens (tertiary/aromatic N) is 1. The van der Waals surface area contributed by atoms with Crippen LogP contribution in [0.15, 0.2) is 23.8 Å². The summed E-state index contributed by atoms with van der Waals surface area (Å²) < 4.78 is 15.7. The van der Waals surface area contributed by atoms with E-state index in [-0.39, 0.29) is 12.2 Å². The van der Waals surface area contributed by atoms with E-state index in [1.807, 2.05) is 6.07 Å². The van der Waals surface area contributed by atoms with Gasteiger partial charge in [0, 0.05) is 4.88 Å². The van der Waals surface area contributed by atoms with Gasteiger partial charge in [-0.2, -0.15) is 5.26 Å². The van der Waals surface area contributed by atoms with Crippen LogP contribution in [-0.4, -0.2) is 32.7 Å². The lowest BCUT2D eigenvalue weighted by atomic mass is 9.88. The number of nitriles is 1. The summed E-state index contributed by atoms with van der Waals surface area (Å²) in [7, 11) is 3.05. The lowest BCUT2D eigenvalue weighted by molar-refractivity contribution is -0.112. The quantitative estimate of drug-likeness (QED) is 0.373. The van der Waals surface area contributed by atoms with Gasteiger partial charge in [-0.15, -0.1) is 11.3 Å². The van der Waals surface area contributed by atoms with E-state index in [0.717, 1.165) is 29.7 Å². The van der Waals surface area contributed by atoms with Crippen LogP contribution < -0.4 is 14.8 Å². The summed E-state index contributed by atoms with van der Waals surface area (Å²) >= 11 is 1.39. The van der Waals surface area contributed by atoms with Crippen molar-refractivity contribution < 1.29 is 23.8 Å². The number of hydrogen-bond acceptors (Lipinski definition) is 7. The fraction of sp³-hybridized carbons (Fsp3) is 0.375. The molecule has 1 aliphatic carbocycles. The van der Waals surface area contributed by atoms with Crippen molar-refractivity contribution in [2.24, 2.45) is 5.92 Å². The molecular formula is C24H26N2O5S. The zero-order valence-corrected chi connectivity index (χ0v) is 19.4. The predicted molar refractivity (Wildman–Crippen MR) is 123 cm³/mol. The van der Waals surface area contributed by atoms with E-state index in [4.69, 9.17) is 14.2 Å². The molecule has 1 aromatic carbocycles. The molecule has 1 aromatic heterocycles. The second kappa shape index (κ2) is 10.3. The maximum Gasteiger partial charge on any atom is 0.341 e. The van der Waals surface area contributed by atoms with Gasteiger partial charge in [-0.25, -0.2) is 4.79 Å². The molecule has 8 heteroatoms. The van der Waals surface area contributed by atoms with Crippen LogP contribution in [0.5, 0.6) is 11.5 Å². The molecule has 1 amide bonds. The molecule has 2 aromatic rings. The zero-order valence-electron chi connectivity index (χ0n) is 18.6. The number of anilines is 1. The van der Waals surface area contributed by atoms with Crippen LogP contribution in [0.2, 0.25) is 0 Å². The molecule has 0 bridgehead atoms. The molecule has 0 unspecified atom stereocenters. The summed E-state index contributed by atoms with van der Waals surface area (Å²) in [5.41, 5.74) is 1.88. The van der Waals surface area contributed by atoms with Crippen molar-refractivity contribution in [3.05, 3.63) is 45.3 Å². The highest BCUT2D eigenvalue weighted by Gasteiger charge is 2.29. The van der Waals surface area contributed by atoms with Crippen molar-refractivity contribution in [2.45, 2.75) is 33.1 Å². The van der Waals surface area contributed by atoms with Gasteiger partial charge in [-0.3, -0.25) is 4.79 Å². The number of carbonyl (C=O) groups is 2. The Bertz CT molecular complexity index is 1100. The normalized spacial score (nSPS) is 15.3. The smallest absolute Gasteiger partial charge is 0.341 e. The largest absolute Gasteiger partial charge is 0.493 e. The Morgan fingerprint density at radius 3 is 2.69 bits per heavy atom. The highest BCUT2D eigenvalue weighted by Crippen LogP contribution is 2.40. The number of thiophene rings is 1. The molecule has 3 rings (SSSR count). The van der Waals surface area contributed by atoms with E-state index >= 15 is 0 Å². The highest BCUT2D eigenvalue weighted by atomic mass is 32.1. The molecule has 0 saturated carbocycles. The Morgan fingerprint density at radius 1 is 1.28 bits per heavy atom. The van der Waals surface area contributed by atoms with Crippen LogP contribution in [-0.2, 0) is 22.4 Å². The van der Waals surface area contributed by atoms with Crippen molar-refractivity contribution in [3.8, 4) is 17.6 Å². The fourth-order valence-electron chi connectivity index (χ4n) is 3.69. The molecule has 0 radical (unpaired) electrons. The van der Waals surface area contributed by atoms with Crippen LogP contribution in [0, 0.1) is 17.2 Å². The Kier molecular flexibility index (Phi) is 7.54. The van der Waals surface area contributed by atoms with Crippen LogP contribution >= 0.6 is 11.3 Å². The van der Waals surface area contributed by atoms with E-state index in [1.54, 1.807) is 25.1 Å². The number of nitrogens with one attached hydrogen (secondary N) is 1. The molecule has 32 heavy (non-hydrogen) atoms. The molecule has 1 heterocycles. The minimum absolute atomic E-state index is 0.0910. The number of amides is 1. The molecule has 1 N–H and O–H groups in total. The minimum atomic E-state index is -0.584. The summed E-state index contributed by atoms with van der Waals surface area (Å²) in [5.74, 6) is 0.518. The van der Waals surface area contributed by atoms with Crippen LogP contribution in [0.4, 0.5) is 5.00 Å². The van der Waals surface area contributed by atoms with Crippen LogP contribution in [0.25, 0.3) is 6.08 Å². The Balaban J connectivity index is 1.92. The van der Waals surface area contributed by atoms with Crippen molar-refractivity contribution in [1.82, 2.24) is 0 Å². The first-order valence-corrected chi connectivity index (χ1v) is 11.2. The molecular weight excluding hydrogens is 428 g/mol. The van der Waals surface area contributed by atoms with Crippen molar-refractivity contribution in [1.29, 1.82) is 5.26 Å². The van der Waals surface area contributed by atoms with Crippen molar-refractivity contribution in [2.75, 3.05) is 26.1 Å². The molecule has 0 aliphatic heterocycles. The van der Waals surface area contributed by atoms with Crippen LogP contribution in [0.3, 0.4) is 0 Å². The number of benzene rings is 1. The number of ether oxygens (including phenoxy) is 3. The molecule has 1 atom stereocenters. The SMILES string of the molecule is CCOC(=O)c1c(NC(=O)/C(C#N)=C\c2ccc(OC)c(OC)c2)sc2c1CC[C@@H](C)C2. The first kappa shape index (κ1) is 23.4. The van der Waals surface area contributed by atoms with E-state index < -0.39 is 11.9 Å². The fourth-order valence-corrected chi connectivity index (χ4v) is 5.08. The second-order valence-electron chi connectivity index (χ2n) is 7.51. The number of esters is 1. The average molecular weight is 455 g/mol. The van der Waals surface area contributed by atoms with Gasteiger partial charge in [0.25, 0.3) is 5.91 Å². The third-order valence-corrected chi connectivity index (χ3v) is 6.47. The van der Waals surface area contributed by atoms with Crippen LogP contribution in [0.1, 0.15) is 46.6 Å². The van der Waals surface area contributed by atoms with Gasteiger partial charge in [0.1, 0.15) is 16.6 Å². The van der Waals surface area contributed by atoms with Gasteiger partial charge in [-0.05, 0) is 61.4 Å². The number of fused-ring (bicyclic) bond motifs is 1. The molecule has 7 nitrogen and oxygen atoms in total. The van der Waals surface area contributed by atoms with E-state index in [1.165, 1.54) is 31.6 Å². The number of methoxy groups -OCH3 is 2. The van der Waals surface area contributed by atoms with Gasteiger partial charge in [0.2, 0.25) is 0 Å². The van der Waals surface area contributed by atoms with Crippen molar-refractivity contribution >= 4 is 34.3 Å². The maximum absolute atomic E-state index is 12.9. The Labute approximate surface area is 191 Å². The first-order valence-electron chi connectivity index (χ1n) is 10.4. The summed E-state index contributed by atoms with van der Waals surface area (Å²) in [6.45, 7) is 4.16. The Hall–Kier alpha value is -3.31. The lowest BCUT2D eigenvalue weighted by Crippen LogP contribution is -2.17. The monoisotopic (exact) mass is 454 g/mol. The topological polar surface area (TPSA) is 97.7 Å². The first-order chi connectivity index (χ1) is 15.4. The molecule has 168 valence electrons. The van der Waals surface area contributed by atoms with Gasteiger partial charge in [0.15, 0.2) is 11.5 Å².